The lowest BCUT2D eigenvalue weighted by molar-refractivity contribution is 0.620. The van der Waals surface area contributed by atoms with Crippen LogP contribution in [0.2, 0.25) is 0 Å². The molecule has 11 aromatic rings. The molecule has 56 heavy (non-hydrogen) atoms. The summed E-state index contributed by atoms with van der Waals surface area (Å²) < 4.78 is 12.9. The maximum absolute atomic E-state index is 6.55. The summed E-state index contributed by atoms with van der Waals surface area (Å²) in [5.74, 6) is 2.21. The average molecular weight is 719 g/mol. The van der Waals surface area contributed by atoms with Crippen molar-refractivity contribution in [2.45, 2.75) is 0 Å². The van der Waals surface area contributed by atoms with Gasteiger partial charge in [-0.05, 0) is 82.1 Å². The molecule has 0 aliphatic heterocycles. The van der Waals surface area contributed by atoms with Gasteiger partial charge in [-0.25, -0.2) is 19.9 Å². The number of hydrogen-bond acceptors (Lipinski definition) is 6. The van der Waals surface area contributed by atoms with Crippen molar-refractivity contribution in [1.82, 2.24) is 19.9 Å². The summed E-state index contributed by atoms with van der Waals surface area (Å²) in [6.07, 6.45) is 0. The summed E-state index contributed by atoms with van der Waals surface area (Å²) in [6.45, 7) is 0. The molecule has 0 saturated heterocycles. The van der Waals surface area contributed by atoms with E-state index in [2.05, 4.69) is 91.0 Å². The van der Waals surface area contributed by atoms with Gasteiger partial charge in [0.15, 0.2) is 23.1 Å². The van der Waals surface area contributed by atoms with Crippen LogP contribution in [0.15, 0.2) is 191 Å². The third kappa shape index (κ3) is 5.51. The molecule has 0 aliphatic rings. The molecule has 0 radical (unpaired) electrons. The Morgan fingerprint density at radius 2 is 0.857 bits per heavy atom. The number of rotatable bonds is 6. The fourth-order valence-electron chi connectivity index (χ4n) is 7.62. The van der Waals surface area contributed by atoms with Crippen molar-refractivity contribution in [3.05, 3.63) is 182 Å². The quantitative estimate of drug-likeness (QED) is 0.170. The summed E-state index contributed by atoms with van der Waals surface area (Å²) in [6, 6.07) is 61.8. The van der Waals surface area contributed by atoms with E-state index in [0.717, 1.165) is 82.7 Å². The molecule has 0 unspecified atom stereocenters. The Bertz CT molecular complexity index is 3240. The maximum Gasteiger partial charge on any atom is 0.227 e. The van der Waals surface area contributed by atoms with Crippen LogP contribution in [0.25, 0.3) is 112 Å². The molecule has 0 fully saturated rings. The first-order chi connectivity index (χ1) is 27.7. The molecular weight excluding hydrogens is 689 g/mol. The lowest BCUT2D eigenvalue weighted by Crippen LogP contribution is -2.01. The predicted molar refractivity (Wildman–Crippen MR) is 225 cm³/mol. The Balaban J connectivity index is 1.15. The van der Waals surface area contributed by atoms with Crippen LogP contribution in [0.3, 0.4) is 0 Å². The van der Waals surface area contributed by atoms with Gasteiger partial charge in [0.1, 0.15) is 16.7 Å². The van der Waals surface area contributed by atoms with E-state index in [1.54, 1.807) is 0 Å². The lowest BCUT2D eigenvalue weighted by atomic mass is 9.95. The van der Waals surface area contributed by atoms with Gasteiger partial charge in [0.05, 0.1) is 0 Å². The Hall–Kier alpha value is -7.70. The summed E-state index contributed by atoms with van der Waals surface area (Å²) in [4.78, 5) is 20.5. The predicted octanol–water partition coefficient (Wildman–Crippen LogP) is 13.1. The largest absolute Gasteiger partial charge is 0.456 e. The first kappa shape index (κ1) is 31.8. The first-order valence-corrected chi connectivity index (χ1v) is 18.5. The third-order valence-electron chi connectivity index (χ3n) is 10.3. The van der Waals surface area contributed by atoms with Gasteiger partial charge in [-0.1, -0.05) is 127 Å². The zero-order valence-corrected chi connectivity index (χ0v) is 29.9. The standard InChI is InChI=1S/C50H30N4O2/c1-4-14-31(15-5-1)41-27-36(26-34-20-10-11-21-38(34)41)48-52-47(32-16-6-2-7-17-32)53-49(54-48)37-28-42(46-45(30-37)56-50(51-46)33-18-8-3-9-19-33)35-24-25-40-39-22-12-13-23-43(39)55-44(40)29-35/h1-30H. The number of nitrogens with zero attached hydrogens (tertiary/aromatic N) is 4. The van der Waals surface area contributed by atoms with Crippen LogP contribution in [0, 0.1) is 0 Å². The van der Waals surface area contributed by atoms with Crippen LogP contribution in [0.1, 0.15) is 0 Å². The number of furan rings is 1. The highest BCUT2D eigenvalue weighted by atomic mass is 16.3. The number of oxazole rings is 1. The van der Waals surface area contributed by atoms with Gasteiger partial charge in [-0.3, -0.25) is 0 Å². The van der Waals surface area contributed by atoms with E-state index in [-0.39, 0.29) is 0 Å². The molecule has 8 aromatic carbocycles. The highest BCUT2D eigenvalue weighted by Crippen LogP contribution is 2.40. The minimum Gasteiger partial charge on any atom is -0.456 e. The molecule has 11 rings (SSSR count). The van der Waals surface area contributed by atoms with Gasteiger partial charge in [0.2, 0.25) is 5.89 Å². The van der Waals surface area contributed by atoms with Crippen LogP contribution < -0.4 is 0 Å². The summed E-state index contributed by atoms with van der Waals surface area (Å²) >= 11 is 0. The Morgan fingerprint density at radius 1 is 0.304 bits per heavy atom. The molecule has 262 valence electrons. The van der Waals surface area contributed by atoms with Crippen molar-refractivity contribution in [3.63, 3.8) is 0 Å². The molecule has 0 atom stereocenters. The van der Waals surface area contributed by atoms with E-state index < -0.39 is 0 Å². The van der Waals surface area contributed by atoms with E-state index in [9.17, 15) is 0 Å². The van der Waals surface area contributed by atoms with Crippen LogP contribution in [0.5, 0.6) is 0 Å². The zero-order chi connectivity index (χ0) is 37.0. The zero-order valence-electron chi connectivity index (χ0n) is 29.9. The summed E-state index contributed by atoms with van der Waals surface area (Å²) in [5, 5.41) is 4.40. The van der Waals surface area contributed by atoms with Crippen LogP contribution in [0.4, 0.5) is 0 Å². The topological polar surface area (TPSA) is 77.8 Å². The first-order valence-electron chi connectivity index (χ1n) is 18.5. The van der Waals surface area contributed by atoms with E-state index in [4.69, 9.17) is 28.8 Å². The second kappa shape index (κ2) is 13.0. The van der Waals surface area contributed by atoms with Crippen molar-refractivity contribution < 1.29 is 8.83 Å². The third-order valence-corrected chi connectivity index (χ3v) is 10.3. The van der Waals surface area contributed by atoms with Crippen LogP contribution in [-0.2, 0) is 0 Å². The number of para-hydroxylation sites is 1. The molecule has 6 heteroatoms. The van der Waals surface area contributed by atoms with Gasteiger partial charge in [-0.2, -0.15) is 0 Å². The van der Waals surface area contributed by atoms with Crippen molar-refractivity contribution in [2.24, 2.45) is 0 Å². The molecule has 3 aromatic heterocycles. The smallest absolute Gasteiger partial charge is 0.227 e. The number of aromatic nitrogens is 4. The molecule has 0 spiro atoms. The maximum atomic E-state index is 6.55. The van der Waals surface area contributed by atoms with Gasteiger partial charge < -0.3 is 8.83 Å². The highest BCUT2D eigenvalue weighted by Gasteiger charge is 2.20. The van der Waals surface area contributed by atoms with Crippen LogP contribution in [-0.4, -0.2) is 19.9 Å². The molecule has 3 heterocycles. The molecule has 6 nitrogen and oxygen atoms in total. The van der Waals surface area contributed by atoms with E-state index in [1.165, 1.54) is 0 Å². The highest BCUT2D eigenvalue weighted by molar-refractivity contribution is 6.07. The van der Waals surface area contributed by atoms with Crippen molar-refractivity contribution in [1.29, 1.82) is 0 Å². The Morgan fingerprint density at radius 3 is 1.61 bits per heavy atom. The summed E-state index contributed by atoms with van der Waals surface area (Å²) in [7, 11) is 0. The number of hydrogen-bond donors (Lipinski definition) is 0. The number of benzene rings is 8. The van der Waals surface area contributed by atoms with Gasteiger partial charge in [-0.15, -0.1) is 0 Å². The molecule has 0 amide bonds. The molecule has 0 saturated carbocycles. The second-order valence-corrected chi connectivity index (χ2v) is 13.8. The van der Waals surface area contributed by atoms with Crippen molar-refractivity contribution >= 4 is 43.8 Å². The van der Waals surface area contributed by atoms with Crippen molar-refractivity contribution in [3.8, 4) is 67.9 Å². The lowest BCUT2D eigenvalue weighted by Gasteiger charge is -2.13. The van der Waals surface area contributed by atoms with Crippen molar-refractivity contribution in [2.75, 3.05) is 0 Å². The SMILES string of the molecule is c1ccc(-c2nc(-c3cc(-c4ccccc4)c4ccccc4c3)nc(-c3cc(-c4ccc5c(c4)oc4ccccc45)c4nc(-c5ccccc5)oc4c3)n2)cc1. The molecule has 0 N–H and O–H groups in total. The van der Waals surface area contributed by atoms with Gasteiger partial charge >= 0.3 is 0 Å². The molecular formula is C50H30N4O2. The molecule has 0 aliphatic carbocycles. The minimum atomic E-state index is 0.522. The van der Waals surface area contributed by atoms with Gasteiger partial charge in [0, 0.05) is 38.6 Å². The monoisotopic (exact) mass is 718 g/mol. The average Bonchev–Trinajstić information content (AvgIpc) is 3.88. The second-order valence-electron chi connectivity index (χ2n) is 13.8. The fraction of sp³-hybridized carbons (Fsp3) is 0. The van der Waals surface area contributed by atoms with Gasteiger partial charge in [0.25, 0.3) is 0 Å². The fourth-order valence-corrected chi connectivity index (χ4v) is 7.62. The minimum absolute atomic E-state index is 0.522. The Kier molecular flexibility index (Phi) is 7.38. The van der Waals surface area contributed by atoms with E-state index >= 15 is 0 Å². The normalized spacial score (nSPS) is 11.6. The van der Waals surface area contributed by atoms with E-state index in [1.807, 2.05) is 91.0 Å². The Labute approximate surface area is 321 Å². The molecule has 0 bridgehead atoms. The van der Waals surface area contributed by atoms with Crippen LogP contribution >= 0.6 is 0 Å². The number of fused-ring (bicyclic) bond motifs is 5. The summed E-state index contributed by atoms with van der Waals surface area (Å²) in [5.41, 5.74) is 10.5. The van der Waals surface area contributed by atoms with E-state index in [0.29, 0.717) is 28.9 Å².